The van der Waals surface area contributed by atoms with Crippen molar-refractivity contribution < 1.29 is 42.9 Å². The molecule has 464 valence electrons. The van der Waals surface area contributed by atoms with Gasteiger partial charge in [-0.1, -0.05) is 241 Å². The summed E-state index contributed by atoms with van der Waals surface area (Å²) in [7, 11) is 5.94. The van der Waals surface area contributed by atoms with E-state index in [9.17, 15) is 19.5 Å². The molecule has 0 aromatic carbocycles. The minimum atomic E-state index is -1.53. The van der Waals surface area contributed by atoms with E-state index in [2.05, 4.69) is 196 Å². The number of carbonyl (C=O) groups excluding carboxylic acids is 2. The molecule has 0 bridgehead atoms. The van der Waals surface area contributed by atoms with Gasteiger partial charge in [0.25, 0.3) is 6.29 Å². The van der Waals surface area contributed by atoms with Crippen molar-refractivity contribution in [2.24, 2.45) is 0 Å². The molecule has 0 saturated heterocycles. The Morgan fingerprint density at radius 2 is 0.651 bits per heavy atom. The van der Waals surface area contributed by atoms with Crippen LogP contribution in [0.15, 0.2) is 182 Å². The van der Waals surface area contributed by atoms with Crippen molar-refractivity contribution in [2.45, 2.75) is 219 Å². The molecule has 0 radical (unpaired) electrons. The van der Waals surface area contributed by atoms with Gasteiger partial charge in [-0.3, -0.25) is 9.59 Å². The summed E-state index contributed by atoms with van der Waals surface area (Å²) in [5.74, 6) is -2.08. The topological polar surface area (TPSA) is 108 Å². The zero-order valence-electron chi connectivity index (χ0n) is 52.8. The number of likely N-dealkylation sites (N-methyl/N-ethyl adjacent to an activating group) is 1. The molecular formula is C74H116NO8+. The van der Waals surface area contributed by atoms with E-state index in [4.69, 9.17) is 18.9 Å². The summed E-state index contributed by atoms with van der Waals surface area (Å²) in [4.78, 5) is 37.5. The minimum Gasteiger partial charge on any atom is -0.477 e. The van der Waals surface area contributed by atoms with Crippen LogP contribution in [0.4, 0.5) is 0 Å². The lowest BCUT2D eigenvalue weighted by molar-refractivity contribution is -0.870. The molecular weight excluding hydrogens is 1030 g/mol. The molecule has 0 amide bonds. The molecule has 9 heteroatoms. The molecule has 2 atom stereocenters. The summed E-state index contributed by atoms with van der Waals surface area (Å²) in [5.41, 5.74) is 0. The van der Waals surface area contributed by atoms with E-state index >= 15 is 0 Å². The molecule has 83 heavy (non-hydrogen) atoms. The van der Waals surface area contributed by atoms with E-state index in [0.717, 1.165) is 154 Å². The largest absolute Gasteiger partial charge is 0.477 e. The fourth-order valence-electron chi connectivity index (χ4n) is 7.83. The molecule has 0 aliphatic heterocycles. The van der Waals surface area contributed by atoms with Crippen molar-refractivity contribution in [1.82, 2.24) is 0 Å². The number of hydrogen-bond donors (Lipinski definition) is 1. The first kappa shape index (κ1) is 77.4. The van der Waals surface area contributed by atoms with Crippen molar-refractivity contribution in [3.8, 4) is 0 Å². The molecule has 0 fully saturated rings. The Hall–Kier alpha value is -5.61. The van der Waals surface area contributed by atoms with Crippen LogP contribution in [0.1, 0.15) is 206 Å². The fraction of sp³-hybridized carbons (Fsp3) is 0.554. The van der Waals surface area contributed by atoms with Crippen LogP contribution in [-0.4, -0.2) is 87.4 Å². The van der Waals surface area contributed by atoms with E-state index < -0.39 is 24.3 Å². The van der Waals surface area contributed by atoms with Gasteiger partial charge in [0, 0.05) is 12.8 Å². The third-order valence-electron chi connectivity index (χ3n) is 12.7. The molecule has 9 nitrogen and oxygen atoms in total. The minimum absolute atomic E-state index is 0.170. The molecule has 0 aliphatic carbocycles. The lowest BCUT2D eigenvalue weighted by Crippen LogP contribution is -2.40. The fourth-order valence-corrected chi connectivity index (χ4v) is 7.83. The second-order valence-corrected chi connectivity index (χ2v) is 21.6. The molecule has 1 N–H and O–H groups in total. The Bertz CT molecular complexity index is 2010. The highest BCUT2D eigenvalue weighted by atomic mass is 16.7. The number of carbonyl (C=O) groups is 3. The predicted octanol–water partition coefficient (Wildman–Crippen LogP) is 19.7. The predicted molar refractivity (Wildman–Crippen MR) is 354 cm³/mol. The monoisotopic (exact) mass is 1150 g/mol. The van der Waals surface area contributed by atoms with Crippen LogP contribution in [0.25, 0.3) is 0 Å². The number of unbranched alkanes of at least 4 members (excludes halogenated alkanes) is 11. The second-order valence-electron chi connectivity index (χ2n) is 21.6. The maximum Gasteiger partial charge on any atom is 0.361 e. The van der Waals surface area contributed by atoms with Gasteiger partial charge in [-0.25, -0.2) is 4.79 Å². The van der Waals surface area contributed by atoms with Gasteiger partial charge in [0.15, 0.2) is 6.10 Å². The van der Waals surface area contributed by atoms with Gasteiger partial charge < -0.3 is 28.5 Å². The van der Waals surface area contributed by atoms with Crippen molar-refractivity contribution in [1.29, 1.82) is 0 Å². The van der Waals surface area contributed by atoms with Gasteiger partial charge in [-0.15, -0.1) is 0 Å². The van der Waals surface area contributed by atoms with E-state index in [1.807, 2.05) is 21.1 Å². The van der Waals surface area contributed by atoms with Gasteiger partial charge in [0.1, 0.15) is 13.2 Å². The van der Waals surface area contributed by atoms with E-state index in [1.165, 1.54) is 19.3 Å². The summed E-state index contributed by atoms with van der Waals surface area (Å²) < 4.78 is 22.8. The molecule has 0 rings (SSSR count). The molecule has 0 aromatic rings. The maximum atomic E-state index is 12.9. The quantitative estimate of drug-likeness (QED) is 0.0211. The lowest BCUT2D eigenvalue weighted by Gasteiger charge is -2.25. The molecule has 0 saturated carbocycles. The molecule has 0 heterocycles. The summed E-state index contributed by atoms with van der Waals surface area (Å²) in [6, 6.07) is 0. The van der Waals surface area contributed by atoms with Crippen molar-refractivity contribution in [2.75, 3.05) is 47.5 Å². The van der Waals surface area contributed by atoms with Gasteiger partial charge in [-0.2, -0.15) is 0 Å². The summed E-state index contributed by atoms with van der Waals surface area (Å²) in [6.07, 6.45) is 92.7. The highest BCUT2D eigenvalue weighted by Crippen LogP contribution is 2.13. The highest BCUT2D eigenvalue weighted by Gasteiger charge is 2.25. The first-order chi connectivity index (χ1) is 40.6. The molecule has 0 spiro atoms. The number of hydrogen-bond acceptors (Lipinski definition) is 7. The second kappa shape index (κ2) is 62.4. The third-order valence-corrected chi connectivity index (χ3v) is 12.7. The van der Waals surface area contributed by atoms with E-state index in [1.54, 1.807) is 0 Å². The Balaban J connectivity index is 4.27. The first-order valence-corrected chi connectivity index (χ1v) is 31.9. The number of allylic oxidation sites excluding steroid dienone is 30. The van der Waals surface area contributed by atoms with Crippen molar-refractivity contribution >= 4 is 17.9 Å². The zero-order chi connectivity index (χ0) is 60.5. The number of ether oxygens (including phenoxy) is 4. The van der Waals surface area contributed by atoms with Crippen LogP contribution in [0.5, 0.6) is 0 Å². The molecule has 0 aliphatic rings. The molecule has 2 unspecified atom stereocenters. The van der Waals surface area contributed by atoms with Crippen LogP contribution in [0.2, 0.25) is 0 Å². The highest BCUT2D eigenvalue weighted by molar-refractivity contribution is 5.71. The summed E-state index contributed by atoms with van der Waals surface area (Å²) in [6.45, 7) is 4.58. The Labute approximate surface area is 507 Å². The average Bonchev–Trinajstić information content (AvgIpc) is 3.46. The number of esters is 2. The Kier molecular flexibility index (Phi) is 58.2. The van der Waals surface area contributed by atoms with E-state index in [-0.39, 0.29) is 38.6 Å². The summed E-state index contributed by atoms with van der Waals surface area (Å²) >= 11 is 0. The van der Waals surface area contributed by atoms with E-state index in [0.29, 0.717) is 17.4 Å². The van der Waals surface area contributed by atoms with Crippen LogP contribution in [0.3, 0.4) is 0 Å². The number of nitrogens with zero attached hydrogens (tertiary/aromatic N) is 1. The molecule has 0 aromatic heterocycles. The summed E-state index contributed by atoms with van der Waals surface area (Å²) in [5, 5.41) is 9.71. The number of carboxylic acids is 1. The number of aliphatic carboxylic acids is 1. The smallest absolute Gasteiger partial charge is 0.361 e. The standard InChI is InChI=1S/C74H115NO8/c1-6-8-10-12-14-16-18-20-22-24-25-26-27-28-29-30-31-32-33-34-35-36-37-38-39-40-41-42-43-44-45-46-47-49-51-53-55-57-59-61-63-65-72(77)83-70(69-82-74(73(78)79)80-67-66-75(3,4)5)68-81-71(76)64-62-60-58-56-54-52-50-48-23-21-19-17-15-13-11-9-7-2/h8-11,14-17,20-23,25-26,28-29,31-32,34-35,37-38,40-41,43-44,46-47,51,53,70,74H,6-7,12-13,18-19,24,27,30,33,36,39,42,45,48-50,52,54-69H2,1-5H3/p+1/b10-8-,11-9-,16-14-,17-15-,22-20-,23-21-,26-25-,29-28-,32-31-,35-34-,38-37-,41-40-,44-43-,47-46-,53-51-. The van der Waals surface area contributed by atoms with Gasteiger partial charge in [-0.05, 0) is 135 Å². The van der Waals surface area contributed by atoms with Gasteiger partial charge in [0.05, 0.1) is 34.4 Å². The number of rotatable bonds is 56. The van der Waals surface area contributed by atoms with Crippen LogP contribution in [-0.2, 0) is 33.3 Å². The van der Waals surface area contributed by atoms with Gasteiger partial charge in [0.2, 0.25) is 0 Å². The maximum absolute atomic E-state index is 12.9. The van der Waals surface area contributed by atoms with Crippen LogP contribution < -0.4 is 0 Å². The third kappa shape index (κ3) is 63.8. The SMILES string of the molecule is CC/C=C\C/C=C\C/C=C\C/C=C\C/C=C\C/C=C\C/C=C\C/C=C\C/C=C\C/C=C\C/C=C\C/C=C\CCCCCCC(=O)OC(COC(=O)CCCCCCCCC/C=C\C/C=C\C/C=C\CC)COC(OCC[N+](C)(C)C)C(=O)O. The van der Waals surface area contributed by atoms with Crippen molar-refractivity contribution in [3.05, 3.63) is 182 Å². The first-order valence-electron chi connectivity index (χ1n) is 31.9. The lowest BCUT2D eigenvalue weighted by atomic mass is 10.1. The zero-order valence-corrected chi connectivity index (χ0v) is 52.8. The van der Waals surface area contributed by atoms with Gasteiger partial charge >= 0.3 is 17.9 Å². The average molecular weight is 1150 g/mol. The normalized spacial score (nSPS) is 14.0. The van der Waals surface area contributed by atoms with Crippen molar-refractivity contribution in [3.63, 3.8) is 0 Å². The van der Waals surface area contributed by atoms with Crippen LogP contribution >= 0.6 is 0 Å². The van der Waals surface area contributed by atoms with Crippen LogP contribution in [0, 0.1) is 0 Å². The Morgan fingerprint density at radius 3 is 0.964 bits per heavy atom. The Morgan fingerprint density at radius 1 is 0.361 bits per heavy atom. The number of carboxylic acid groups (broad SMARTS) is 1. The number of quaternary nitrogens is 1.